The molecule has 0 atom stereocenters. The average Bonchev–Trinajstić information content (AvgIpc) is 2.82. The molecule has 0 aromatic heterocycles. The number of hydroxylamine groups is 1. The number of amides is 1. The molecule has 0 heterocycles. The van der Waals surface area contributed by atoms with E-state index in [4.69, 9.17) is 5.21 Å². The van der Waals surface area contributed by atoms with Gasteiger partial charge in [-0.3, -0.25) is 14.7 Å². The van der Waals surface area contributed by atoms with Crippen molar-refractivity contribution in [3.05, 3.63) is 114 Å². The molecule has 0 unspecified atom stereocenters. The summed E-state index contributed by atoms with van der Waals surface area (Å²) in [6, 6.07) is 28.4. The second-order valence-electron chi connectivity index (χ2n) is 7.10. The SMILES string of the molecule is O=C(/C=C(/c1ccccc1)c1cccc(NS(=O)(=O)c2ccc3ccccc3c2)c1)NO. The maximum Gasteiger partial charge on any atom is 0.267 e. The van der Waals surface area contributed by atoms with Crippen molar-refractivity contribution in [2.75, 3.05) is 4.72 Å². The Bertz CT molecular complexity index is 1410. The minimum absolute atomic E-state index is 0.153. The van der Waals surface area contributed by atoms with E-state index in [0.717, 1.165) is 16.3 Å². The first kappa shape index (κ1) is 21.3. The molecule has 0 aliphatic heterocycles. The predicted octanol–water partition coefficient (Wildman–Crippen LogP) is 4.58. The van der Waals surface area contributed by atoms with Crippen LogP contribution in [0.1, 0.15) is 11.1 Å². The molecular weight excluding hydrogens is 424 g/mol. The standard InChI is InChI=1S/C25H20N2O4S/c28-25(26-29)17-24(19-8-2-1-3-9-19)21-11-6-12-22(15-21)27-32(30,31)23-14-13-18-7-4-5-10-20(18)16-23/h1-17,27,29H,(H,26,28)/b24-17-. The molecule has 7 heteroatoms. The van der Waals surface area contributed by atoms with Gasteiger partial charge in [-0.15, -0.1) is 0 Å². The third kappa shape index (κ3) is 4.69. The second-order valence-corrected chi connectivity index (χ2v) is 8.78. The zero-order valence-electron chi connectivity index (χ0n) is 16.9. The van der Waals surface area contributed by atoms with Crippen LogP contribution in [0.25, 0.3) is 16.3 Å². The van der Waals surface area contributed by atoms with Gasteiger partial charge in [0.25, 0.3) is 15.9 Å². The van der Waals surface area contributed by atoms with Gasteiger partial charge in [0.1, 0.15) is 0 Å². The van der Waals surface area contributed by atoms with Crippen LogP contribution in [0.3, 0.4) is 0 Å². The molecule has 4 aromatic rings. The number of fused-ring (bicyclic) bond motifs is 1. The van der Waals surface area contributed by atoms with Crippen LogP contribution in [-0.2, 0) is 14.8 Å². The summed E-state index contributed by atoms with van der Waals surface area (Å²) in [6.45, 7) is 0. The third-order valence-electron chi connectivity index (χ3n) is 4.93. The summed E-state index contributed by atoms with van der Waals surface area (Å²) in [4.78, 5) is 12.0. The molecule has 0 saturated carbocycles. The molecule has 4 rings (SSSR count). The van der Waals surface area contributed by atoms with E-state index in [1.165, 1.54) is 6.08 Å². The van der Waals surface area contributed by atoms with E-state index in [9.17, 15) is 13.2 Å². The normalized spacial score (nSPS) is 11.8. The zero-order chi connectivity index (χ0) is 22.6. The van der Waals surface area contributed by atoms with Crippen molar-refractivity contribution in [1.82, 2.24) is 5.48 Å². The molecule has 0 radical (unpaired) electrons. The van der Waals surface area contributed by atoms with E-state index in [1.54, 1.807) is 47.9 Å². The molecule has 3 N–H and O–H groups in total. The molecule has 0 fully saturated rings. The Morgan fingerprint density at radius 1 is 0.750 bits per heavy atom. The Balaban J connectivity index is 1.69. The fourth-order valence-corrected chi connectivity index (χ4v) is 4.50. The van der Waals surface area contributed by atoms with E-state index in [2.05, 4.69) is 4.72 Å². The zero-order valence-corrected chi connectivity index (χ0v) is 17.7. The van der Waals surface area contributed by atoms with Crippen molar-refractivity contribution in [3.63, 3.8) is 0 Å². The van der Waals surface area contributed by atoms with E-state index >= 15 is 0 Å². The fraction of sp³-hybridized carbons (Fsp3) is 0. The van der Waals surface area contributed by atoms with Crippen molar-refractivity contribution >= 4 is 38.0 Å². The van der Waals surface area contributed by atoms with Crippen LogP contribution in [0.15, 0.2) is 108 Å². The number of anilines is 1. The smallest absolute Gasteiger partial charge is 0.267 e. The van der Waals surface area contributed by atoms with Crippen LogP contribution in [0, 0.1) is 0 Å². The quantitative estimate of drug-likeness (QED) is 0.230. The van der Waals surface area contributed by atoms with Crippen LogP contribution in [0.4, 0.5) is 5.69 Å². The van der Waals surface area contributed by atoms with Gasteiger partial charge in [0, 0.05) is 11.8 Å². The lowest BCUT2D eigenvalue weighted by molar-refractivity contribution is -0.124. The Kier molecular flexibility index (Phi) is 6.02. The molecule has 32 heavy (non-hydrogen) atoms. The van der Waals surface area contributed by atoms with Gasteiger partial charge in [-0.25, -0.2) is 13.9 Å². The first-order valence-corrected chi connectivity index (χ1v) is 11.3. The molecule has 0 spiro atoms. The fourth-order valence-electron chi connectivity index (χ4n) is 3.41. The van der Waals surface area contributed by atoms with Crippen molar-refractivity contribution < 1.29 is 18.4 Å². The molecule has 0 saturated heterocycles. The summed E-state index contributed by atoms with van der Waals surface area (Å²) >= 11 is 0. The highest BCUT2D eigenvalue weighted by molar-refractivity contribution is 7.92. The monoisotopic (exact) mass is 444 g/mol. The molecule has 160 valence electrons. The summed E-state index contributed by atoms with van der Waals surface area (Å²) in [5, 5.41) is 10.7. The number of carbonyl (C=O) groups is 1. The van der Waals surface area contributed by atoms with Gasteiger partial charge in [0.2, 0.25) is 0 Å². The first-order valence-electron chi connectivity index (χ1n) is 9.79. The number of nitrogens with one attached hydrogen (secondary N) is 2. The van der Waals surface area contributed by atoms with Crippen molar-refractivity contribution in [1.29, 1.82) is 0 Å². The van der Waals surface area contributed by atoms with E-state index in [1.807, 2.05) is 54.6 Å². The lowest BCUT2D eigenvalue weighted by atomic mass is 9.97. The minimum Gasteiger partial charge on any atom is -0.288 e. The Morgan fingerprint density at radius 3 is 2.19 bits per heavy atom. The Hall–Kier alpha value is -3.94. The number of hydrogen-bond acceptors (Lipinski definition) is 4. The van der Waals surface area contributed by atoms with Gasteiger partial charge >= 0.3 is 0 Å². The maximum absolute atomic E-state index is 13.0. The predicted molar refractivity (Wildman–Crippen MR) is 125 cm³/mol. The Morgan fingerprint density at radius 2 is 1.44 bits per heavy atom. The molecule has 6 nitrogen and oxygen atoms in total. The highest BCUT2D eigenvalue weighted by Gasteiger charge is 2.16. The second kappa shape index (κ2) is 9.05. The summed E-state index contributed by atoms with van der Waals surface area (Å²) in [6.07, 6.45) is 1.26. The van der Waals surface area contributed by atoms with Gasteiger partial charge in [-0.2, -0.15) is 0 Å². The highest BCUT2D eigenvalue weighted by atomic mass is 32.2. The minimum atomic E-state index is -3.83. The molecule has 0 aliphatic carbocycles. The molecule has 0 aliphatic rings. The number of carbonyl (C=O) groups excluding carboxylic acids is 1. The van der Waals surface area contributed by atoms with E-state index in [-0.39, 0.29) is 4.90 Å². The van der Waals surface area contributed by atoms with E-state index in [0.29, 0.717) is 16.8 Å². The lowest BCUT2D eigenvalue weighted by Crippen LogP contribution is -2.16. The van der Waals surface area contributed by atoms with Gasteiger partial charge < -0.3 is 0 Å². The number of sulfonamides is 1. The van der Waals surface area contributed by atoms with Crippen molar-refractivity contribution in [3.8, 4) is 0 Å². The number of benzene rings is 4. The number of rotatable bonds is 6. The van der Waals surface area contributed by atoms with Crippen LogP contribution < -0.4 is 10.2 Å². The molecular formula is C25H20N2O4S. The van der Waals surface area contributed by atoms with E-state index < -0.39 is 15.9 Å². The maximum atomic E-state index is 13.0. The topological polar surface area (TPSA) is 95.5 Å². The van der Waals surface area contributed by atoms with Gasteiger partial charge in [-0.05, 0) is 51.7 Å². The largest absolute Gasteiger partial charge is 0.288 e. The molecule has 0 bridgehead atoms. The van der Waals surface area contributed by atoms with Crippen molar-refractivity contribution in [2.45, 2.75) is 4.90 Å². The Labute approximate surface area is 185 Å². The third-order valence-corrected chi connectivity index (χ3v) is 6.31. The lowest BCUT2D eigenvalue weighted by Gasteiger charge is -2.12. The first-order chi connectivity index (χ1) is 15.5. The highest BCUT2D eigenvalue weighted by Crippen LogP contribution is 2.27. The molecule has 4 aromatic carbocycles. The average molecular weight is 445 g/mol. The van der Waals surface area contributed by atoms with Gasteiger partial charge in [0.15, 0.2) is 0 Å². The van der Waals surface area contributed by atoms with Gasteiger partial charge in [-0.1, -0.05) is 72.8 Å². The molecule has 1 amide bonds. The summed E-state index contributed by atoms with van der Waals surface area (Å²) in [5.74, 6) is -0.689. The summed E-state index contributed by atoms with van der Waals surface area (Å²) in [5.41, 5.74) is 3.83. The van der Waals surface area contributed by atoms with Crippen LogP contribution >= 0.6 is 0 Å². The van der Waals surface area contributed by atoms with Crippen LogP contribution in [0.5, 0.6) is 0 Å². The summed E-state index contributed by atoms with van der Waals surface area (Å²) in [7, 11) is -3.83. The van der Waals surface area contributed by atoms with Crippen LogP contribution in [-0.4, -0.2) is 19.5 Å². The number of hydrogen-bond donors (Lipinski definition) is 3. The van der Waals surface area contributed by atoms with Crippen LogP contribution in [0.2, 0.25) is 0 Å². The van der Waals surface area contributed by atoms with Gasteiger partial charge in [0.05, 0.1) is 4.90 Å². The summed E-state index contributed by atoms with van der Waals surface area (Å²) < 4.78 is 28.6. The van der Waals surface area contributed by atoms with Crippen molar-refractivity contribution in [2.24, 2.45) is 0 Å².